The van der Waals surface area contributed by atoms with Crippen molar-refractivity contribution in [2.75, 3.05) is 0 Å². The second kappa shape index (κ2) is 3.66. The molecule has 0 spiro atoms. The molecular formula is C8H13NO4. The molecule has 0 saturated carbocycles. The molecule has 0 aromatic rings. The van der Waals surface area contributed by atoms with E-state index in [0.717, 1.165) is 6.26 Å². The highest BCUT2D eigenvalue weighted by atomic mass is 16.5. The zero-order valence-corrected chi connectivity index (χ0v) is 7.52. The van der Waals surface area contributed by atoms with Crippen LogP contribution >= 0.6 is 0 Å². The van der Waals surface area contributed by atoms with Gasteiger partial charge in [-0.25, -0.2) is 0 Å². The number of carbonyl (C=O) groups is 1. The van der Waals surface area contributed by atoms with E-state index in [0.29, 0.717) is 0 Å². The Labute approximate surface area is 76.0 Å². The van der Waals surface area contributed by atoms with Crippen LogP contribution in [0, 0.1) is 0 Å². The lowest BCUT2D eigenvalue weighted by atomic mass is 10.0. The van der Waals surface area contributed by atoms with Gasteiger partial charge in [0, 0.05) is 6.92 Å². The largest absolute Gasteiger partial charge is 0.507 e. The Kier molecular flexibility index (Phi) is 2.77. The fourth-order valence-corrected chi connectivity index (χ4v) is 1.16. The molecule has 0 fully saturated rings. The molecule has 0 aliphatic carbocycles. The molecular weight excluding hydrogens is 174 g/mol. The zero-order valence-electron chi connectivity index (χ0n) is 7.52. The predicted octanol–water partition coefficient (Wildman–Crippen LogP) is -0.330. The van der Waals surface area contributed by atoms with E-state index in [4.69, 9.17) is 4.74 Å². The minimum absolute atomic E-state index is 0.166. The molecule has 0 radical (unpaired) electrons. The molecule has 0 aromatic heterocycles. The van der Waals surface area contributed by atoms with Crippen molar-refractivity contribution in [3.05, 3.63) is 12.0 Å². The number of aliphatic hydroxyl groups is 2. The Morgan fingerprint density at radius 3 is 2.85 bits per heavy atom. The van der Waals surface area contributed by atoms with Crippen molar-refractivity contribution in [3.63, 3.8) is 0 Å². The molecule has 1 amide bonds. The normalized spacial score (nSPS) is 33.2. The van der Waals surface area contributed by atoms with Crippen LogP contribution in [0.5, 0.6) is 0 Å². The molecule has 0 aromatic carbocycles. The first-order chi connectivity index (χ1) is 6.02. The van der Waals surface area contributed by atoms with Gasteiger partial charge in [-0.1, -0.05) is 0 Å². The Morgan fingerprint density at radius 2 is 2.31 bits per heavy atom. The number of rotatable bonds is 1. The quantitative estimate of drug-likeness (QED) is 0.525. The Bertz CT molecular complexity index is 238. The first-order valence-electron chi connectivity index (χ1n) is 4.02. The first kappa shape index (κ1) is 9.85. The predicted molar refractivity (Wildman–Crippen MR) is 44.9 cm³/mol. The number of hydrogen-bond donors (Lipinski definition) is 3. The number of carbonyl (C=O) groups excluding carboxylic acids is 1. The van der Waals surface area contributed by atoms with Crippen LogP contribution in [-0.2, 0) is 9.53 Å². The number of nitrogens with one attached hydrogen (secondary N) is 1. The standard InChI is InChI=1S/C8H13NO4/c1-4-8(12)7(9-5(2)10)6(11)3-13-4/h3-4,7-8,11-12H,1-2H3,(H,9,10). The van der Waals surface area contributed by atoms with Crippen LogP contribution in [0.2, 0.25) is 0 Å². The number of ether oxygens (including phenoxy) is 1. The van der Waals surface area contributed by atoms with Crippen molar-refractivity contribution in [1.82, 2.24) is 5.32 Å². The molecule has 1 heterocycles. The first-order valence-corrected chi connectivity index (χ1v) is 4.02. The summed E-state index contributed by atoms with van der Waals surface area (Å²) in [4.78, 5) is 10.7. The summed E-state index contributed by atoms with van der Waals surface area (Å²) in [6, 6.07) is -0.763. The molecule has 74 valence electrons. The molecule has 5 nitrogen and oxygen atoms in total. The monoisotopic (exact) mass is 187 g/mol. The van der Waals surface area contributed by atoms with Crippen molar-refractivity contribution >= 4 is 5.91 Å². The van der Waals surface area contributed by atoms with Gasteiger partial charge in [0.2, 0.25) is 5.91 Å². The molecule has 0 saturated heterocycles. The SMILES string of the molecule is CC(=O)NC1C(O)=COC(C)C1O. The van der Waals surface area contributed by atoms with Gasteiger partial charge in [-0.05, 0) is 6.92 Å². The summed E-state index contributed by atoms with van der Waals surface area (Å²) in [5.41, 5.74) is 0. The second-order valence-electron chi connectivity index (χ2n) is 3.05. The summed E-state index contributed by atoms with van der Waals surface area (Å²) < 4.78 is 4.90. The average molecular weight is 187 g/mol. The van der Waals surface area contributed by atoms with Crippen LogP contribution in [0.15, 0.2) is 12.0 Å². The molecule has 1 aliphatic rings. The fourth-order valence-electron chi connectivity index (χ4n) is 1.16. The van der Waals surface area contributed by atoms with Crippen molar-refractivity contribution in [1.29, 1.82) is 0 Å². The van der Waals surface area contributed by atoms with E-state index in [1.165, 1.54) is 6.92 Å². The Balaban J connectivity index is 2.73. The summed E-state index contributed by atoms with van der Waals surface area (Å²) in [6.07, 6.45) is -0.223. The van der Waals surface area contributed by atoms with Gasteiger partial charge in [0.1, 0.15) is 24.5 Å². The summed E-state index contributed by atoms with van der Waals surface area (Å²) in [6.45, 7) is 2.97. The van der Waals surface area contributed by atoms with Gasteiger partial charge in [-0.2, -0.15) is 0 Å². The van der Waals surface area contributed by atoms with Crippen molar-refractivity contribution in [2.45, 2.75) is 32.1 Å². The summed E-state index contributed by atoms with van der Waals surface area (Å²) in [5.74, 6) is -0.473. The van der Waals surface area contributed by atoms with Gasteiger partial charge >= 0.3 is 0 Å². The second-order valence-corrected chi connectivity index (χ2v) is 3.05. The summed E-state index contributed by atoms with van der Waals surface area (Å²) in [5, 5.41) is 21.2. The maximum Gasteiger partial charge on any atom is 0.217 e. The van der Waals surface area contributed by atoms with Crippen LogP contribution in [0.4, 0.5) is 0 Å². The van der Waals surface area contributed by atoms with E-state index >= 15 is 0 Å². The van der Waals surface area contributed by atoms with E-state index in [1.807, 2.05) is 0 Å². The highest BCUT2D eigenvalue weighted by molar-refractivity contribution is 5.73. The van der Waals surface area contributed by atoms with E-state index in [1.54, 1.807) is 6.92 Å². The molecule has 3 N–H and O–H groups in total. The summed E-state index contributed by atoms with van der Waals surface area (Å²) in [7, 11) is 0. The highest BCUT2D eigenvalue weighted by Crippen LogP contribution is 2.16. The third-order valence-electron chi connectivity index (χ3n) is 1.90. The van der Waals surface area contributed by atoms with E-state index in [-0.39, 0.29) is 11.7 Å². The molecule has 1 rings (SSSR count). The highest BCUT2D eigenvalue weighted by Gasteiger charge is 2.33. The van der Waals surface area contributed by atoms with Crippen molar-refractivity contribution in [2.24, 2.45) is 0 Å². The fraction of sp³-hybridized carbons (Fsp3) is 0.625. The lowest BCUT2D eigenvalue weighted by Crippen LogP contribution is -2.50. The average Bonchev–Trinajstić information content (AvgIpc) is 2.05. The van der Waals surface area contributed by atoms with Crippen LogP contribution in [0.1, 0.15) is 13.8 Å². The van der Waals surface area contributed by atoms with Gasteiger partial charge in [0.05, 0.1) is 0 Å². The maximum atomic E-state index is 10.7. The van der Waals surface area contributed by atoms with Crippen LogP contribution in [0.3, 0.4) is 0 Å². The molecule has 13 heavy (non-hydrogen) atoms. The lowest BCUT2D eigenvalue weighted by molar-refractivity contribution is -0.121. The van der Waals surface area contributed by atoms with Gasteiger partial charge in [0.25, 0.3) is 0 Å². The van der Waals surface area contributed by atoms with Gasteiger partial charge in [-0.3, -0.25) is 4.79 Å². The maximum absolute atomic E-state index is 10.7. The van der Waals surface area contributed by atoms with Crippen molar-refractivity contribution < 1.29 is 19.7 Å². The number of amides is 1. The molecule has 5 heteroatoms. The van der Waals surface area contributed by atoms with Crippen LogP contribution in [0.25, 0.3) is 0 Å². The third kappa shape index (κ3) is 2.12. The molecule has 0 bridgehead atoms. The Hall–Kier alpha value is -1.23. The number of hydrogen-bond acceptors (Lipinski definition) is 4. The van der Waals surface area contributed by atoms with Gasteiger partial charge in [0.15, 0.2) is 5.76 Å². The van der Waals surface area contributed by atoms with Crippen LogP contribution in [-0.4, -0.2) is 34.4 Å². The van der Waals surface area contributed by atoms with E-state index in [2.05, 4.69) is 5.32 Å². The molecule has 3 unspecified atom stereocenters. The third-order valence-corrected chi connectivity index (χ3v) is 1.90. The topological polar surface area (TPSA) is 78.8 Å². The Morgan fingerprint density at radius 1 is 1.69 bits per heavy atom. The molecule has 3 atom stereocenters. The minimum atomic E-state index is -0.922. The van der Waals surface area contributed by atoms with Crippen LogP contribution < -0.4 is 5.32 Å². The zero-order chi connectivity index (χ0) is 10.0. The smallest absolute Gasteiger partial charge is 0.217 e. The van der Waals surface area contributed by atoms with E-state index in [9.17, 15) is 15.0 Å². The lowest BCUT2D eigenvalue weighted by Gasteiger charge is -2.31. The van der Waals surface area contributed by atoms with Gasteiger partial charge in [-0.15, -0.1) is 0 Å². The molecule has 1 aliphatic heterocycles. The minimum Gasteiger partial charge on any atom is -0.507 e. The van der Waals surface area contributed by atoms with E-state index < -0.39 is 18.2 Å². The van der Waals surface area contributed by atoms with Crippen molar-refractivity contribution in [3.8, 4) is 0 Å². The summed E-state index contributed by atoms with van der Waals surface area (Å²) >= 11 is 0. The van der Waals surface area contributed by atoms with Gasteiger partial charge < -0.3 is 20.3 Å². The number of aliphatic hydroxyl groups excluding tert-OH is 2.